The molecule has 1 fully saturated rings. The van der Waals surface area contributed by atoms with Crippen LogP contribution in [0.15, 0.2) is 29.8 Å². The second-order valence-electron chi connectivity index (χ2n) is 8.75. The largest absolute Gasteiger partial charge is 0.351 e. The molecule has 2 aromatic rings. The van der Waals surface area contributed by atoms with Gasteiger partial charge in [0.25, 0.3) is 0 Å². The molecular formula is C27H48N4O2S. The Kier molecular flexibility index (Phi) is 18.3. The number of aryl methyl sites for hydroxylation is 1. The first kappa shape index (κ1) is 34.1. The molecule has 0 aliphatic carbocycles. The molecule has 0 saturated carbocycles. The first-order valence-corrected chi connectivity index (χ1v) is 13.0. The number of rotatable bonds is 5. The average molecular weight is 493 g/mol. The minimum Gasteiger partial charge on any atom is -0.351 e. The summed E-state index contributed by atoms with van der Waals surface area (Å²) in [6.45, 7) is 17.8. The number of aldehydes is 1. The van der Waals surface area contributed by atoms with Gasteiger partial charge in [-0.15, -0.1) is 11.3 Å². The number of likely N-dealkylation sites (tertiary alicyclic amines) is 1. The van der Waals surface area contributed by atoms with Gasteiger partial charge in [0.15, 0.2) is 0 Å². The molecule has 2 heterocycles. The monoisotopic (exact) mass is 492 g/mol. The number of benzene rings is 1. The maximum absolute atomic E-state index is 12.2. The minimum atomic E-state index is 0. The van der Waals surface area contributed by atoms with Gasteiger partial charge in [-0.05, 0) is 49.9 Å². The highest BCUT2D eigenvalue weighted by molar-refractivity contribution is 7.13. The van der Waals surface area contributed by atoms with Gasteiger partial charge in [0, 0.05) is 13.0 Å². The van der Waals surface area contributed by atoms with Gasteiger partial charge >= 0.3 is 0 Å². The summed E-state index contributed by atoms with van der Waals surface area (Å²) in [5.74, 6) is 0.141. The van der Waals surface area contributed by atoms with Crippen LogP contribution in [0.1, 0.15) is 79.0 Å². The van der Waals surface area contributed by atoms with E-state index in [9.17, 15) is 9.59 Å². The molecule has 34 heavy (non-hydrogen) atoms. The number of carbonyl (C=O) groups is 2. The van der Waals surface area contributed by atoms with Crippen molar-refractivity contribution in [2.75, 3.05) is 13.6 Å². The van der Waals surface area contributed by atoms with E-state index in [4.69, 9.17) is 0 Å². The molecule has 7 heteroatoms. The molecule has 1 aliphatic rings. The van der Waals surface area contributed by atoms with Gasteiger partial charge in [-0.1, -0.05) is 72.7 Å². The molecule has 0 radical (unpaired) electrons. The summed E-state index contributed by atoms with van der Waals surface area (Å²) < 4.78 is 0. The summed E-state index contributed by atoms with van der Waals surface area (Å²) in [7, 11) is 2.02. The van der Waals surface area contributed by atoms with Crippen LogP contribution in [-0.4, -0.2) is 41.7 Å². The van der Waals surface area contributed by atoms with Gasteiger partial charge in [0.05, 0.1) is 22.1 Å². The van der Waals surface area contributed by atoms with E-state index in [1.165, 1.54) is 10.4 Å². The predicted octanol–water partition coefficient (Wildman–Crippen LogP) is 6.66. The fraction of sp³-hybridized carbons (Fsp3) is 0.593. The van der Waals surface area contributed by atoms with Crippen LogP contribution >= 0.6 is 11.3 Å². The number of nitrogens with one attached hydrogen (secondary N) is 1. The van der Waals surface area contributed by atoms with Gasteiger partial charge in [-0.3, -0.25) is 9.69 Å². The van der Waals surface area contributed by atoms with Crippen LogP contribution in [0, 0.1) is 12.3 Å². The van der Waals surface area contributed by atoms with Gasteiger partial charge in [-0.2, -0.15) is 0 Å². The lowest BCUT2D eigenvalue weighted by molar-refractivity contribution is -0.125. The van der Waals surface area contributed by atoms with E-state index in [0.717, 1.165) is 36.9 Å². The molecule has 1 aromatic carbocycles. The van der Waals surface area contributed by atoms with E-state index in [0.29, 0.717) is 13.0 Å². The fourth-order valence-electron chi connectivity index (χ4n) is 3.15. The average Bonchev–Trinajstić information content (AvgIpc) is 3.43. The van der Waals surface area contributed by atoms with Crippen molar-refractivity contribution < 1.29 is 9.59 Å². The number of amides is 1. The standard InChI is InChI=1S/C17H21N3OS.C6H12O.2C2H6.H3N/c1-12-16(22-11-19-12)14-7-5-13(6-8-14)10-18-17(21)15-4-3-9-20(15)2;1-6(2,3)4-5-7;2*1-2;/h5-8,11,15H,3-4,9-10H2,1-2H3,(H,18,21);5H,4H2,1-3H3;2*1-2H3;1H3. The highest BCUT2D eigenvalue weighted by Crippen LogP contribution is 2.27. The molecule has 1 unspecified atom stereocenters. The van der Waals surface area contributed by atoms with Crippen molar-refractivity contribution in [1.82, 2.24) is 21.4 Å². The summed E-state index contributed by atoms with van der Waals surface area (Å²) in [5.41, 5.74) is 5.43. The smallest absolute Gasteiger partial charge is 0.237 e. The van der Waals surface area contributed by atoms with E-state index < -0.39 is 0 Å². The Hall–Kier alpha value is -2.09. The van der Waals surface area contributed by atoms with Crippen molar-refractivity contribution >= 4 is 23.5 Å². The Morgan fingerprint density at radius 2 is 1.76 bits per heavy atom. The van der Waals surface area contributed by atoms with E-state index in [-0.39, 0.29) is 23.5 Å². The molecule has 1 aromatic heterocycles. The number of carbonyl (C=O) groups excluding carboxylic acids is 2. The Labute approximate surface area is 212 Å². The molecule has 1 aliphatic heterocycles. The molecule has 194 valence electrons. The SMILES string of the molecule is CC.CC.CC(C)(C)CC=O.Cc1ncsc1-c1ccc(CNC(=O)C2CCCN2C)cc1.N. The minimum absolute atomic E-state index is 0. The second-order valence-corrected chi connectivity index (χ2v) is 9.61. The summed E-state index contributed by atoms with van der Waals surface area (Å²) >= 11 is 1.66. The van der Waals surface area contributed by atoms with Gasteiger partial charge in [0.2, 0.25) is 5.91 Å². The first-order chi connectivity index (χ1) is 15.7. The van der Waals surface area contributed by atoms with E-state index in [1.807, 2.05) is 67.9 Å². The number of hydrogen-bond acceptors (Lipinski definition) is 6. The van der Waals surface area contributed by atoms with E-state index >= 15 is 0 Å². The zero-order chi connectivity index (χ0) is 25.4. The topological polar surface area (TPSA) is 97.3 Å². The van der Waals surface area contributed by atoms with Crippen molar-refractivity contribution in [3.63, 3.8) is 0 Å². The quantitative estimate of drug-likeness (QED) is 0.455. The third-order valence-corrected chi connectivity index (χ3v) is 5.92. The molecule has 6 nitrogen and oxygen atoms in total. The lowest BCUT2D eigenvalue weighted by atomic mass is 9.93. The highest BCUT2D eigenvalue weighted by Gasteiger charge is 2.27. The number of thiazole rings is 1. The van der Waals surface area contributed by atoms with Gasteiger partial charge < -0.3 is 16.3 Å². The van der Waals surface area contributed by atoms with Crippen LogP contribution in [0.5, 0.6) is 0 Å². The second kappa shape index (κ2) is 18.3. The Balaban J connectivity index is 0. The Morgan fingerprint density at radius 1 is 1.18 bits per heavy atom. The molecule has 0 spiro atoms. The van der Waals surface area contributed by atoms with Crippen LogP contribution in [0.3, 0.4) is 0 Å². The summed E-state index contributed by atoms with van der Waals surface area (Å²) in [6, 6.07) is 8.40. The lowest BCUT2D eigenvalue weighted by Gasteiger charge is -2.18. The summed E-state index contributed by atoms with van der Waals surface area (Å²) in [4.78, 5) is 29.6. The third-order valence-electron chi connectivity index (χ3n) is 4.95. The molecular weight excluding hydrogens is 444 g/mol. The molecule has 1 saturated heterocycles. The fourth-order valence-corrected chi connectivity index (χ4v) is 3.96. The third kappa shape index (κ3) is 12.4. The van der Waals surface area contributed by atoms with Crippen LogP contribution in [0.2, 0.25) is 0 Å². The van der Waals surface area contributed by atoms with Crippen molar-refractivity contribution in [3.8, 4) is 10.4 Å². The maximum Gasteiger partial charge on any atom is 0.237 e. The molecule has 4 N–H and O–H groups in total. The zero-order valence-corrected chi connectivity index (χ0v) is 23.7. The Morgan fingerprint density at radius 3 is 2.15 bits per heavy atom. The van der Waals surface area contributed by atoms with E-state index in [1.54, 1.807) is 11.3 Å². The van der Waals surface area contributed by atoms with Crippen LogP contribution in [0.25, 0.3) is 10.4 Å². The van der Waals surface area contributed by atoms with Crippen molar-refractivity contribution in [1.29, 1.82) is 0 Å². The number of aromatic nitrogens is 1. The molecule has 1 amide bonds. The Bertz CT molecular complexity index is 798. The normalized spacial score (nSPS) is 14.7. The maximum atomic E-state index is 12.2. The van der Waals surface area contributed by atoms with Crippen molar-refractivity contribution in [3.05, 3.63) is 41.0 Å². The van der Waals surface area contributed by atoms with Crippen LogP contribution < -0.4 is 11.5 Å². The molecule has 3 rings (SSSR count). The molecule has 0 bridgehead atoms. The highest BCUT2D eigenvalue weighted by atomic mass is 32.1. The van der Waals surface area contributed by atoms with Gasteiger partial charge in [-0.25, -0.2) is 4.98 Å². The first-order valence-electron chi connectivity index (χ1n) is 12.1. The lowest BCUT2D eigenvalue weighted by Crippen LogP contribution is -2.41. The molecule has 1 atom stereocenters. The number of nitrogens with zero attached hydrogens (tertiary/aromatic N) is 2. The van der Waals surface area contributed by atoms with Gasteiger partial charge in [0.1, 0.15) is 6.29 Å². The van der Waals surface area contributed by atoms with Crippen molar-refractivity contribution in [2.45, 2.75) is 87.2 Å². The van der Waals surface area contributed by atoms with Crippen molar-refractivity contribution in [2.24, 2.45) is 5.41 Å². The zero-order valence-electron chi connectivity index (χ0n) is 22.9. The van der Waals surface area contributed by atoms with E-state index in [2.05, 4.69) is 39.5 Å². The van der Waals surface area contributed by atoms with Crippen LogP contribution in [-0.2, 0) is 16.1 Å². The van der Waals surface area contributed by atoms with Crippen LogP contribution in [0.4, 0.5) is 0 Å². The predicted molar refractivity (Wildman–Crippen MR) is 148 cm³/mol. The number of hydrogen-bond donors (Lipinski definition) is 2. The summed E-state index contributed by atoms with van der Waals surface area (Å²) in [6.07, 6.45) is 3.69. The summed E-state index contributed by atoms with van der Waals surface area (Å²) in [5, 5.41) is 3.05. The number of likely N-dealkylation sites (N-methyl/N-ethyl adjacent to an activating group) is 1.